The molecule has 0 fully saturated rings. The van der Waals surface area contributed by atoms with Gasteiger partial charge in [-0.2, -0.15) is 0 Å². The van der Waals surface area contributed by atoms with E-state index in [4.69, 9.17) is 19.4 Å². The third-order valence-corrected chi connectivity index (χ3v) is 6.90. The van der Waals surface area contributed by atoms with Crippen LogP contribution in [0.1, 0.15) is 0 Å². The standard InChI is InChI=1S/C31H17N3O/c1-2-8-19-18(7-1)13-14-26-25(19)17-32-31(34-26)30-22-11-4-3-9-20(22)23-15-24-21-10-5-6-12-28(21)35-29(24)16-27(23)33-30/h1-17H. The number of benzene rings is 5. The molecule has 0 radical (unpaired) electrons. The van der Waals surface area contributed by atoms with Gasteiger partial charge in [0.15, 0.2) is 5.82 Å². The molecule has 5 aromatic carbocycles. The molecule has 8 rings (SSSR count). The van der Waals surface area contributed by atoms with E-state index < -0.39 is 0 Å². The highest BCUT2D eigenvalue weighted by Crippen LogP contribution is 2.37. The lowest BCUT2D eigenvalue weighted by Gasteiger charge is -2.10. The van der Waals surface area contributed by atoms with Crippen LogP contribution in [0.5, 0.6) is 0 Å². The minimum Gasteiger partial charge on any atom is -0.456 e. The fourth-order valence-corrected chi connectivity index (χ4v) is 5.24. The lowest BCUT2D eigenvalue weighted by Crippen LogP contribution is -1.95. The van der Waals surface area contributed by atoms with Crippen LogP contribution in [0, 0.1) is 0 Å². The summed E-state index contributed by atoms with van der Waals surface area (Å²) in [4.78, 5) is 14.8. The summed E-state index contributed by atoms with van der Waals surface area (Å²) in [6.45, 7) is 0. The van der Waals surface area contributed by atoms with Crippen molar-refractivity contribution in [2.24, 2.45) is 0 Å². The van der Waals surface area contributed by atoms with Crippen molar-refractivity contribution in [3.8, 4) is 11.5 Å². The Kier molecular flexibility index (Phi) is 3.63. The molecule has 0 saturated carbocycles. The van der Waals surface area contributed by atoms with Crippen LogP contribution < -0.4 is 0 Å². The van der Waals surface area contributed by atoms with E-state index in [9.17, 15) is 0 Å². The molecular weight excluding hydrogens is 430 g/mol. The van der Waals surface area contributed by atoms with Crippen molar-refractivity contribution in [3.05, 3.63) is 103 Å². The second kappa shape index (κ2) is 6.84. The topological polar surface area (TPSA) is 51.8 Å². The smallest absolute Gasteiger partial charge is 0.179 e. The third kappa shape index (κ3) is 2.65. The Morgan fingerprint density at radius 1 is 0.486 bits per heavy atom. The molecule has 0 N–H and O–H groups in total. The van der Waals surface area contributed by atoms with Gasteiger partial charge in [0.2, 0.25) is 0 Å². The first kappa shape index (κ1) is 18.6. The van der Waals surface area contributed by atoms with Gasteiger partial charge < -0.3 is 4.42 Å². The Bertz CT molecular complexity index is 2120. The van der Waals surface area contributed by atoms with Crippen molar-refractivity contribution in [2.45, 2.75) is 0 Å². The van der Waals surface area contributed by atoms with E-state index in [-0.39, 0.29) is 0 Å². The predicted molar refractivity (Wildman–Crippen MR) is 143 cm³/mol. The first-order valence-electron chi connectivity index (χ1n) is 11.6. The molecule has 0 spiro atoms. The summed E-state index contributed by atoms with van der Waals surface area (Å²) in [5.41, 5.74) is 4.27. The Hall–Kier alpha value is -4.83. The van der Waals surface area contributed by atoms with Crippen LogP contribution in [0.4, 0.5) is 0 Å². The fraction of sp³-hybridized carbons (Fsp3) is 0. The third-order valence-electron chi connectivity index (χ3n) is 6.90. The van der Waals surface area contributed by atoms with Crippen LogP contribution in [0.3, 0.4) is 0 Å². The molecule has 4 heteroatoms. The predicted octanol–water partition coefficient (Wildman–Crippen LogP) is 8.05. The van der Waals surface area contributed by atoms with Gasteiger partial charge in [-0.25, -0.2) is 15.0 Å². The van der Waals surface area contributed by atoms with Gasteiger partial charge >= 0.3 is 0 Å². The second-order valence-corrected chi connectivity index (χ2v) is 8.88. The fourth-order valence-electron chi connectivity index (χ4n) is 5.24. The molecule has 0 unspecified atom stereocenters. The number of fused-ring (bicyclic) bond motifs is 9. The number of hydrogen-bond acceptors (Lipinski definition) is 4. The number of rotatable bonds is 1. The maximum atomic E-state index is 6.15. The second-order valence-electron chi connectivity index (χ2n) is 8.88. The van der Waals surface area contributed by atoms with E-state index in [1.165, 1.54) is 5.39 Å². The Labute approximate surface area is 199 Å². The number of aromatic nitrogens is 3. The van der Waals surface area contributed by atoms with Crippen molar-refractivity contribution in [3.63, 3.8) is 0 Å². The minimum absolute atomic E-state index is 0.621. The maximum absolute atomic E-state index is 6.15. The van der Waals surface area contributed by atoms with Crippen molar-refractivity contribution >= 4 is 65.3 Å². The number of nitrogens with zero attached hydrogens (tertiary/aromatic N) is 3. The zero-order valence-electron chi connectivity index (χ0n) is 18.6. The van der Waals surface area contributed by atoms with E-state index in [1.54, 1.807) is 0 Å². The van der Waals surface area contributed by atoms with E-state index in [1.807, 2.05) is 48.7 Å². The average Bonchev–Trinajstić information content (AvgIpc) is 3.28. The SMILES string of the molecule is c1ccc2c(c1)ccc1nc(-c3nc4cc5oc6ccccc6c5cc4c4ccccc34)ncc12. The molecule has 0 aliphatic rings. The number of pyridine rings is 1. The Morgan fingerprint density at radius 2 is 1.26 bits per heavy atom. The largest absolute Gasteiger partial charge is 0.456 e. The van der Waals surface area contributed by atoms with Gasteiger partial charge in [0.1, 0.15) is 16.9 Å². The molecule has 162 valence electrons. The number of para-hydroxylation sites is 1. The summed E-state index contributed by atoms with van der Waals surface area (Å²) in [6.07, 6.45) is 1.92. The van der Waals surface area contributed by atoms with Crippen molar-refractivity contribution < 1.29 is 4.42 Å². The zero-order valence-corrected chi connectivity index (χ0v) is 18.6. The van der Waals surface area contributed by atoms with Crippen LogP contribution in [0.2, 0.25) is 0 Å². The molecule has 0 aliphatic heterocycles. The van der Waals surface area contributed by atoms with Gasteiger partial charge in [-0.05, 0) is 34.4 Å². The Balaban J connectivity index is 1.44. The van der Waals surface area contributed by atoms with Crippen LogP contribution in [-0.2, 0) is 0 Å². The highest BCUT2D eigenvalue weighted by Gasteiger charge is 2.16. The van der Waals surface area contributed by atoms with Gasteiger partial charge in [-0.1, -0.05) is 72.8 Å². The van der Waals surface area contributed by atoms with E-state index in [2.05, 4.69) is 54.6 Å². The van der Waals surface area contributed by atoms with Gasteiger partial charge in [-0.15, -0.1) is 0 Å². The van der Waals surface area contributed by atoms with E-state index in [0.29, 0.717) is 5.82 Å². The Morgan fingerprint density at radius 3 is 2.17 bits per heavy atom. The lowest BCUT2D eigenvalue weighted by molar-refractivity contribution is 0.669. The highest BCUT2D eigenvalue weighted by molar-refractivity contribution is 6.17. The highest BCUT2D eigenvalue weighted by atomic mass is 16.3. The normalized spacial score (nSPS) is 12.0. The first-order valence-corrected chi connectivity index (χ1v) is 11.6. The maximum Gasteiger partial charge on any atom is 0.179 e. The summed E-state index contributed by atoms with van der Waals surface area (Å²) in [7, 11) is 0. The van der Waals surface area contributed by atoms with Crippen LogP contribution in [-0.4, -0.2) is 15.0 Å². The quantitative estimate of drug-likeness (QED) is 0.239. The zero-order chi connectivity index (χ0) is 22.9. The summed E-state index contributed by atoms with van der Waals surface area (Å²) in [5.74, 6) is 0.621. The molecule has 0 aliphatic carbocycles. The van der Waals surface area contributed by atoms with Crippen LogP contribution in [0.15, 0.2) is 108 Å². The molecule has 0 atom stereocenters. The van der Waals surface area contributed by atoms with E-state index in [0.717, 1.165) is 65.6 Å². The number of hydrogen-bond donors (Lipinski definition) is 0. The molecule has 0 saturated heterocycles. The summed E-state index contributed by atoms with van der Waals surface area (Å²) in [6, 6.07) is 33.2. The summed E-state index contributed by atoms with van der Waals surface area (Å²) >= 11 is 0. The molecule has 0 amide bonds. The molecule has 4 nitrogen and oxygen atoms in total. The average molecular weight is 447 g/mol. The molecule has 3 aromatic heterocycles. The van der Waals surface area contributed by atoms with E-state index >= 15 is 0 Å². The first-order chi connectivity index (χ1) is 17.3. The van der Waals surface area contributed by atoms with Crippen molar-refractivity contribution in [1.29, 1.82) is 0 Å². The van der Waals surface area contributed by atoms with Crippen LogP contribution in [0.25, 0.3) is 76.8 Å². The monoisotopic (exact) mass is 447 g/mol. The minimum atomic E-state index is 0.621. The van der Waals surface area contributed by atoms with Gasteiger partial charge in [0.05, 0.1) is 11.0 Å². The van der Waals surface area contributed by atoms with Crippen molar-refractivity contribution in [1.82, 2.24) is 15.0 Å². The lowest BCUT2D eigenvalue weighted by atomic mass is 10.0. The van der Waals surface area contributed by atoms with Gasteiger partial charge in [0.25, 0.3) is 0 Å². The van der Waals surface area contributed by atoms with Gasteiger partial charge in [-0.3, -0.25) is 0 Å². The summed E-state index contributed by atoms with van der Waals surface area (Å²) in [5, 5.41) is 8.84. The molecule has 0 bridgehead atoms. The molecule has 3 heterocycles. The van der Waals surface area contributed by atoms with Crippen molar-refractivity contribution in [2.75, 3.05) is 0 Å². The van der Waals surface area contributed by atoms with Gasteiger partial charge in [0, 0.05) is 39.2 Å². The molecule has 8 aromatic rings. The van der Waals surface area contributed by atoms with Crippen LogP contribution >= 0.6 is 0 Å². The molecular formula is C31H17N3O. The molecule has 35 heavy (non-hydrogen) atoms. The summed E-state index contributed by atoms with van der Waals surface area (Å²) < 4.78 is 6.15. The number of furan rings is 1.